The first-order valence-corrected chi connectivity index (χ1v) is 8.03. The van der Waals surface area contributed by atoms with Crippen LogP contribution in [-0.2, 0) is 0 Å². The molecule has 0 aliphatic heterocycles. The Kier molecular flexibility index (Phi) is 6.90. The van der Waals surface area contributed by atoms with Gasteiger partial charge in [-0.3, -0.25) is 14.9 Å². The highest BCUT2D eigenvalue weighted by Crippen LogP contribution is 1.94. The SMILES string of the molecule is C=CN[Si](NC(C)C)(NC(C)C)NC(C)C. The van der Waals surface area contributed by atoms with Gasteiger partial charge in [-0.25, -0.2) is 0 Å². The van der Waals surface area contributed by atoms with Gasteiger partial charge in [0.25, 0.3) is 0 Å². The Balaban J connectivity index is 4.79. The molecule has 0 fully saturated rings. The normalized spacial score (nSPS) is 12.6. The number of hydrogen-bond acceptors (Lipinski definition) is 4. The Hall–Kier alpha value is -0.363. The predicted molar refractivity (Wildman–Crippen MR) is 73.9 cm³/mol. The maximum absolute atomic E-state index is 3.77. The second-order valence-corrected chi connectivity index (χ2v) is 7.65. The molecule has 0 aromatic carbocycles. The maximum Gasteiger partial charge on any atom is 0.397 e. The minimum absolute atomic E-state index is 0.414. The number of nitrogens with one attached hydrogen (secondary N) is 4. The summed E-state index contributed by atoms with van der Waals surface area (Å²) in [7, 11) is -2.10. The first-order valence-electron chi connectivity index (χ1n) is 6.03. The predicted octanol–water partition coefficient (Wildman–Crippen LogP) is 1.15. The van der Waals surface area contributed by atoms with Crippen LogP contribution in [0.4, 0.5) is 0 Å². The van der Waals surface area contributed by atoms with Gasteiger partial charge in [0, 0.05) is 0 Å². The van der Waals surface area contributed by atoms with E-state index in [-0.39, 0.29) is 0 Å². The highest BCUT2D eigenvalue weighted by molar-refractivity contribution is 6.70. The molecule has 0 atom stereocenters. The summed E-state index contributed by atoms with van der Waals surface area (Å²) in [6.07, 6.45) is 1.76. The van der Waals surface area contributed by atoms with Gasteiger partial charge in [-0.15, -0.1) is 0 Å². The van der Waals surface area contributed by atoms with Crippen molar-refractivity contribution in [2.45, 2.75) is 59.7 Å². The molecule has 0 radical (unpaired) electrons. The van der Waals surface area contributed by atoms with E-state index in [1.54, 1.807) is 6.20 Å². The molecule has 0 saturated heterocycles. The van der Waals surface area contributed by atoms with E-state index < -0.39 is 8.72 Å². The Bertz CT molecular complexity index is 178. The van der Waals surface area contributed by atoms with Crippen LogP contribution in [0.15, 0.2) is 12.8 Å². The fraction of sp³-hybridized carbons (Fsp3) is 0.818. The zero-order chi connectivity index (χ0) is 12.8. The Morgan fingerprint density at radius 2 is 1.12 bits per heavy atom. The van der Waals surface area contributed by atoms with E-state index in [1.165, 1.54) is 0 Å². The van der Waals surface area contributed by atoms with Crippen LogP contribution in [0.2, 0.25) is 0 Å². The van der Waals surface area contributed by atoms with Crippen LogP contribution < -0.4 is 19.9 Å². The van der Waals surface area contributed by atoms with Crippen molar-refractivity contribution in [1.29, 1.82) is 0 Å². The van der Waals surface area contributed by atoms with Crippen molar-refractivity contribution in [2.75, 3.05) is 0 Å². The number of rotatable bonds is 8. The average molecular weight is 244 g/mol. The molecule has 16 heavy (non-hydrogen) atoms. The first kappa shape index (κ1) is 15.6. The van der Waals surface area contributed by atoms with Crippen LogP contribution in [0, 0.1) is 0 Å². The van der Waals surface area contributed by atoms with Crippen molar-refractivity contribution in [3.8, 4) is 0 Å². The zero-order valence-electron chi connectivity index (χ0n) is 11.5. The summed E-state index contributed by atoms with van der Waals surface area (Å²) < 4.78 is 0. The highest BCUT2D eigenvalue weighted by Gasteiger charge is 2.36. The molecular weight excluding hydrogens is 216 g/mol. The summed E-state index contributed by atoms with van der Waals surface area (Å²) in [4.78, 5) is 14.1. The molecule has 0 rings (SSSR count). The molecule has 0 bridgehead atoms. The third kappa shape index (κ3) is 6.27. The third-order valence-electron chi connectivity index (χ3n) is 1.83. The summed E-state index contributed by atoms with van der Waals surface area (Å²) in [6.45, 7) is 16.7. The van der Waals surface area contributed by atoms with Gasteiger partial charge >= 0.3 is 8.72 Å². The van der Waals surface area contributed by atoms with Crippen molar-refractivity contribution < 1.29 is 0 Å². The van der Waals surface area contributed by atoms with Gasteiger partial charge in [-0.05, 0) is 24.3 Å². The number of hydrogen-bond donors (Lipinski definition) is 4. The maximum atomic E-state index is 3.77. The van der Waals surface area contributed by atoms with Crippen LogP contribution in [0.5, 0.6) is 0 Å². The summed E-state index contributed by atoms with van der Waals surface area (Å²) in [5.41, 5.74) is 0. The van der Waals surface area contributed by atoms with Gasteiger partial charge in [0.2, 0.25) is 0 Å². The molecule has 5 heteroatoms. The molecule has 0 unspecified atom stereocenters. The van der Waals surface area contributed by atoms with E-state index in [2.05, 4.69) is 68.1 Å². The van der Waals surface area contributed by atoms with Crippen molar-refractivity contribution in [1.82, 2.24) is 19.9 Å². The van der Waals surface area contributed by atoms with Crippen molar-refractivity contribution in [3.63, 3.8) is 0 Å². The molecule has 0 heterocycles. The molecule has 0 aliphatic rings. The lowest BCUT2D eigenvalue weighted by Crippen LogP contribution is -2.82. The molecule has 4 N–H and O–H groups in total. The summed E-state index contributed by atoms with van der Waals surface area (Å²) in [5.74, 6) is 0. The van der Waals surface area contributed by atoms with Crippen LogP contribution in [0.1, 0.15) is 41.5 Å². The van der Waals surface area contributed by atoms with Crippen molar-refractivity contribution >= 4 is 8.72 Å². The van der Waals surface area contributed by atoms with Gasteiger partial charge in [-0.2, -0.15) is 0 Å². The lowest BCUT2D eigenvalue weighted by Gasteiger charge is -2.37. The van der Waals surface area contributed by atoms with Crippen LogP contribution in [-0.4, -0.2) is 26.8 Å². The molecule has 4 nitrogen and oxygen atoms in total. The van der Waals surface area contributed by atoms with Gasteiger partial charge in [-0.1, -0.05) is 48.1 Å². The molecule has 0 spiro atoms. The fourth-order valence-corrected chi connectivity index (χ4v) is 5.11. The standard InChI is InChI=1S/C11H28N4Si/c1-8-12-16(13-9(2)3,14-10(4)5)15-11(6)7/h8-15H,1H2,2-7H3. The van der Waals surface area contributed by atoms with Gasteiger partial charge in [0.1, 0.15) is 0 Å². The molecule has 0 amide bonds. The Morgan fingerprint density at radius 1 is 0.812 bits per heavy atom. The zero-order valence-corrected chi connectivity index (χ0v) is 12.5. The largest absolute Gasteiger partial charge is 0.397 e. The first-order chi connectivity index (χ1) is 7.31. The van der Waals surface area contributed by atoms with E-state index in [4.69, 9.17) is 0 Å². The van der Waals surface area contributed by atoms with Crippen LogP contribution in [0.25, 0.3) is 0 Å². The monoisotopic (exact) mass is 244 g/mol. The molecule has 0 aromatic rings. The van der Waals surface area contributed by atoms with Crippen molar-refractivity contribution in [2.24, 2.45) is 0 Å². The second-order valence-electron chi connectivity index (χ2n) is 5.00. The Morgan fingerprint density at radius 3 is 1.31 bits per heavy atom. The minimum atomic E-state index is -2.10. The molecular formula is C11H28N4Si. The summed E-state index contributed by atoms with van der Waals surface area (Å²) >= 11 is 0. The van der Waals surface area contributed by atoms with Gasteiger partial charge in [0.05, 0.1) is 0 Å². The smallest absolute Gasteiger partial charge is 0.381 e. The topological polar surface area (TPSA) is 48.1 Å². The van der Waals surface area contributed by atoms with E-state index in [9.17, 15) is 0 Å². The average Bonchev–Trinajstić information content (AvgIpc) is 1.98. The van der Waals surface area contributed by atoms with Crippen molar-refractivity contribution in [3.05, 3.63) is 12.8 Å². The van der Waals surface area contributed by atoms with E-state index in [1.807, 2.05) is 0 Å². The second kappa shape index (κ2) is 7.06. The quantitative estimate of drug-likeness (QED) is 0.484. The lowest BCUT2D eigenvalue weighted by molar-refractivity contribution is 0.584. The Labute approximate surface area is 102 Å². The summed E-state index contributed by atoms with van der Waals surface area (Å²) in [6, 6.07) is 1.24. The van der Waals surface area contributed by atoms with Crippen LogP contribution in [0.3, 0.4) is 0 Å². The van der Waals surface area contributed by atoms with E-state index in [0.717, 1.165) is 0 Å². The molecule has 96 valence electrons. The van der Waals surface area contributed by atoms with Gasteiger partial charge < -0.3 is 4.98 Å². The summed E-state index contributed by atoms with van der Waals surface area (Å²) in [5, 5.41) is 0. The van der Waals surface area contributed by atoms with Crippen LogP contribution >= 0.6 is 0 Å². The molecule has 0 aliphatic carbocycles. The molecule has 0 aromatic heterocycles. The lowest BCUT2D eigenvalue weighted by atomic mass is 10.4. The highest BCUT2D eigenvalue weighted by atomic mass is 28.4. The molecule has 0 saturated carbocycles. The fourth-order valence-electron chi connectivity index (χ4n) is 1.70. The van der Waals surface area contributed by atoms with E-state index >= 15 is 0 Å². The third-order valence-corrected chi connectivity index (χ3v) is 5.50. The van der Waals surface area contributed by atoms with Gasteiger partial charge in [0.15, 0.2) is 0 Å². The minimum Gasteiger partial charge on any atom is -0.381 e. The van der Waals surface area contributed by atoms with E-state index in [0.29, 0.717) is 18.1 Å².